The summed E-state index contributed by atoms with van der Waals surface area (Å²) in [5, 5.41) is 2.69. The van der Waals surface area contributed by atoms with Gasteiger partial charge in [0.15, 0.2) is 0 Å². The third-order valence-corrected chi connectivity index (χ3v) is 7.55. The van der Waals surface area contributed by atoms with Crippen LogP contribution in [0.1, 0.15) is 72.3 Å². The van der Waals surface area contributed by atoms with Gasteiger partial charge in [0, 0.05) is 5.69 Å². The zero-order chi connectivity index (χ0) is 26.0. The number of alkyl halides is 3. The minimum Gasteiger partial charge on any atom is -0.458 e. The fourth-order valence-corrected chi connectivity index (χ4v) is 5.47. The molecule has 1 saturated carbocycles. The lowest BCUT2D eigenvalue weighted by Crippen LogP contribution is -2.33. The standard InChI is InChI=1S/C25H26F3N3O4S/c1-3-18(21(32)30-16-9-7-8-15(12-16)25(26,27)28)31-13-29-22-19(23(31)33)14(2)20(36-22)24(34)35-17-10-5-4-6-11-17/h7-9,12-13,17-18H,3-6,10-11H2,1-2H3,(H,30,32). The van der Waals surface area contributed by atoms with E-state index >= 15 is 0 Å². The number of anilines is 1. The first-order valence-corrected chi connectivity index (χ1v) is 12.6. The Morgan fingerprint density at radius 1 is 1.25 bits per heavy atom. The summed E-state index contributed by atoms with van der Waals surface area (Å²) < 4.78 is 45.9. The maximum atomic E-state index is 13.4. The average Bonchev–Trinajstić information content (AvgIpc) is 3.18. The van der Waals surface area contributed by atoms with Crippen molar-refractivity contribution in [2.45, 2.75) is 70.7 Å². The van der Waals surface area contributed by atoms with Gasteiger partial charge in [0.1, 0.15) is 21.9 Å². The van der Waals surface area contributed by atoms with Crippen molar-refractivity contribution in [2.24, 2.45) is 0 Å². The minimum atomic E-state index is -4.55. The van der Waals surface area contributed by atoms with E-state index < -0.39 is 35.2 Å². The molecular weight excluding hydrogens is 495 g/mol. The number of nitrogens with zero attached hydrogens (tertiary/aromatic N) is 2. The van der Waals surface area contributed by atoms with Crippen LogP contribution in [0.4, 0.5) is 18.9 Å². The summed E-state index contributed by atoms with van der Waals surface area (Å²) in [6, 6.07) is 3.27. The van der Waals surface area contributed by atoms with E-state index in [1.165, 1.54) is 18.5 Å². The molecule has 192 valence electrons. The molecule has 0 saturated heterocycles. The Kier molecular flexibility index (Phi) is 7.49. The normalized spacial score (nSPS) is 15.6. The number of esters is 1. The summed E-state index contributed by atoms with van der Waals surface area (Å²) in [6.45, 7) is 3.33. The number of hydrogen-bond acceptors (Lipinski definition) is 6. The van der Waals surface area contributed by atoms with E-state index in [1.807, 2.05) is 0 Å². The van der Waals surface area contributed by atoms with E-state index in [0.717, 1.165) is 60.1 Å². The fourth-order valence-electron chi connectivity index (χ4n) is 4.45. The Bertz CT molecular complexity index is 1340. The zero-order valence-corrected chi connectivity index (χ0v) is 20.7. The van der Waals surface area contributed by atoms with Crippen LogP contribution in [0, 0.1) is 6.92 Å². The molecule has 1 aliphatic carbocycles. The van der Waals surface area contributed by atoms with Crippen molar-refractivity contribution < 1.29 is 27.5 Å². The Balaban J connectivity index is 1.60. The van der Waals surface area contributed by atoms with E-state index in [0.29, 0.717) is 15.3 Å². The van der Waals surface area contributed by atoms with Gasteiger partial charge in [-0.05, 0) is 62.8 Å². The van der Waals surface area contributed by atoms with Gasteiger partial charge in [-0.3, -0.25) is 14.2 Å². The lowest BCUT2D eigenvalue weighted by Gasteiger charge is -2.21. The van der Waals surface area contributed by atoms with Crippen molar-refractivity contribution in [3.8, 4) is 0 Å². The van der Waals surface area contributed by atoms with Crippen LogP contribution < -0.4 is 10.9 Å². The van der Waals surface area contributed by atoms with E-state index in [9.17, 15) is 27.6 Å². The first kappa shape index (κ1) is 25.9. The molecule has 2 aromatic heterocycles. The van der Waals surface area contributed by atoms with Crippen LogP contribution in [-0.2, 0) is 15.7 Å². The second-order valence-electron chi connectivity index (χ2n) is 8.85. The van der Waals surface area contributed by atoms with Crippen molar-refractivity contribution >= 4 is 39.1 Å². The van der Waals surface area contributed by atoms with Crippen LogP contribution in [0.3, 0.4) is 0 Å². The van der Waals surface area contributed by atoms with Gasteiger partial charge in [-0.1, -0.05) is 19.4 Å². The molecule has 1 aromatic carbocycles. The molecule has 1 atom stereocenters. The number of aromatic nitrogens is 2. The van der Waals surface area contributed by atoms with Gasteiger partial charge < -0.3 is 10.1 Å². The molecule has 1 fully saturated rings. The molecule has 0 aliphatic heterocycles. The molecular formula is C25H26F3N3O4S. The molecule has 36 heavy (non-hydrogen) atoms. The summed E-state index contributed by atoms with van der Waals surface area (Å²) in [6.07, 6.45) is 1.52. The molecule has 11 heteroatoms. The number of rotatable bonds is 6. The number of hydrogen-bond donors (Lipinski definition) is 1. The number of fused-ring (bicyclic) bond motifs is 1. The number of thiophene rings is 1. The highest BCUT2D eigenvalue weighted by Gasteiger charge is 2.31. The topological polar surface area (TPSA) is 90.3 Å². The third-order valence-electron chi connectivity index (χ3n) is 6.37. The van der Waals surface area contributed by atoms with Crippen LogP contribution in [-0.4, -0.2) is 27.5 Å². The fraction of sp³-hybridized carbons (Fsp3) is 0.440. The molecule has 1 N–H and O–H groups in total. The smallest absolute Gasteiger partial charge is 0.416 e. The second kappa shape index (κ2) is 10.4. The van der Waals surface area contributed by atoms with Crippen LogP contribution in [0.5, 0.6) is 0 Å². The van der Waals surface area contributed by atoms with E-state index in [2.05, 4.69) is 10.3 Å². The van der Waals surface area contributed by atoms with Gasteiger partial charge in [0.2, 0.25) is 5.91 Å². The van der Waals surface area contributed by atoms with Crippen LogP contribution >= 0.6 is 11.3 Å². The predicted octanol–water partition coefficient (Wildman–Crippen LogP) is 5.86. The predicted molar refractivity (Wildman–Crippen MR) is 130 cm³/mol. The molecule has 4 rings (SSSR count). The summed E-state index contributed by atoms with van der Waals surface area (Å²) in [7, 11) is 0. The van der Waals surface area contributed by atoms with Gasteiger partial charge >= 0.3 is 12.1 Å². The molecule has 0 bridgehead atoms. The monoisotopic (exact) mass is 521 g/mol. The maximum Gasteiger partial charge on any atom is 0.416 e. The molecule has 0 spiro atoms. The van der Waals surface area contributed by atoms with Crippen molar-refractivity contribution in [2.75, 3.05) is 5.32 Å². The highest BCUT2D eigenvalue weighted by Crippen LogP contribution is 2.32. The first-order chi connectivity index (χ1) is 17.1. The zero-order valence-electron chi connectivity index (χ0n) is 19.9. The summed E-state index contributed by atoms with van der Waals surface area (Å²) in [4.78, 5) is 44.1. The van der Waals surface area contributed by atoms with Crippen LogP contribution in [0.2, 0.25) is 0 Å². The van der Waals surface area contributed by atoms with Gasteiger partial charge in [-0.2, -0.15) is 13.2 Å². The quantitative estimate of drug-likeness (QED) is 0.410. The SMILES string of the molecule is CCC(C(=O)Nc1cccc(C(F)(F)F)c1)n1cnc2sc(C(=O)OC3CCCCC3)c(C)c2c1=O. The number of benzene rings is 1. The number of aryl methyl sites for hydroxylation is 1. The highest BCUT2D eigenvalue weighted by atomic mass is 32.1. The van der Waals surface area contributed by atoms with Crippen molar-refractivity contribution in [1.29, 1.82) is 0 Å². The molecule has 3 aromatic rings. The van der Waals surface area contributed by atoms with Crippen molar-refractivity contribution in [3.63, 3.8) is 0 Å². The third kappa shape index (κ3) is 5.30. The number of amides is 1. The molecule has 2 heterocycles. The molecule has 1 amide bonds. The number of carbonyl (C=O) groups is 2. The van der Waals surface area contributed by atoms with Crippen molar-refractivity contribution in [1.82, 2.24) is 9.55 Å². The van der Waals surface area contributed by atoms with Crippen molar-refractivity contribution in [3.05, 3.63) is 57.0 Å². The Labute approximate surface area is 209 Å². The average molecular weight is 522 g/mol. The maximum absolute atomic E-state index is 13.4. The van der Waals surface area contributed by atoms with Gasteiger partial charge in [-0.15, -0.1) is 11.3 Å². The lowest BCUT2D eigenvalue weighted by molar-refractivity contribution is -0.137. The van der Waals surface area contributed by atoms with Crippen LogP contribution in [0.25, 0.3) is 10.2 Å². The molecule has 1 unspecified atom stereocenters. The Morgan fingerprint density at radius 3 is 2.64 bits per heavy atom. The van der Waals surface area contributed by atoms with E-state index in [-0.39, 0.29) is 23.6 Å². The molecule has 7 nitrogen and oxygen atoms in total. The minimum absolute atomic E-state index is 0.0326. The van der Waals surface area contributed by atoms with E-state index in [4.69, 9.17) is 4.74 Å². The summed E-state index contributed by atoms with van der Waals surface area (Å²) in [5.74, 6) is -1.13. The van der Waals surface area contributed by atoms with Crippen LogP contribution in [0.15, 0.2) is 35.4 Å². The summed E-state index contributed by atoms with van der Waals surface area (Å²) in [5.41, 5.74) is -0.989. The Hall–Kier alpha value is -3.21. The van der Waals surface area contributed by atoms with E-state index in [1.54, 1.807) is 13.8 Å². The first-order valence-electron chi connectivity index (χ1n) is 11.8. The number of nitrogens with one attached hydrogen (secondary N) is 1. The number of ether oxygens (including phenoxy) is 1. The number of halogens is 3. The number of carbonyl (C=O) groups excluding carboxylic acids is 2. The lowest BCUT2D eigenvalue weighted by atomic mass is 9.98. The largest absolute Gasteiger partial charge is 0.458 e. The Morgan fingerprint density at radius 2 is 1.97 bits per heavy atom. The van der Waals surface area contributed by atoms with Gasteiger partial charge in [0.25, 0.3) is 5.56 Å². The molecule has 1 aliphatic rings. The molecule has 0 radical (unpaired) electrons. The second-order valence-corrected chi connectivity index (χ2v) is 9.85. The summed E-state index contributed by atoms with van der Waals surface area (Å²) >= 11 is 1.07. The van der Waals surface area contributed by atoms with Gasteiger partial charge in [-0.25, -0.2) is 9.78 Å². The highest BCUT2D eigenvalue weighted by molar-refractivity contribution is 7.20. The van der Waals surface area contributed by atoms with Gasteiger partial charge in [0.05, 0.1) is 17.3 Å².